The Kier molecular flexibility index (Phi) is 2.94. The fourth-order valence-corrected chi connectivity index (χ4v) is 3.16. The van der Waals surface area contributed by atoms with Gasteiger partial charge in [0, 0.05) is 25.4 Å². The summed E-state index contributed by atoms with van der Waals surface area (Å²) in [6.45, 7) is 4.19. The summed E-state index contributed by atoms with van der Waals surface area (Å²) >= 11 is 0. The van der Waals surface area contributed by atoms with Crippen LogP contribution in [0.25, 0.3) is 5.78 Å². The molecule has 2 saturated heterocycles. The zero-order valence-electron chi connectivity index (χ0n) is 11.4. The third-order valence-electron chi connectivity index (χ3n) is 4.06. The molecule has 2 aliphatic heterocycles. The standard InChI is InChI=1S/C14H18N4O2/c1-3-14(19-7-8-20-14)11-17(5-1)10-12-9-16-13-15-4-2-6-18(12)13/h2,4,6,9H,1,3,5,7-8,10-11H2. The summed E-state index contributed by atoms with van der Waals surface area (Å²) in [6, 6.07) is 1.93. The minimum absolute atomic E-state index is 0.364. The van der Waals surface area contributed by atoms with Crippen molar-refractivity contribution < 1.29 is 9.47 Å². The van der Waals surface area contributed by atoms with E-state index in [4.69, 9.17) is 9.47 Å². The van der Waals surface area contributed by atoms with Gasteiger partial charge >= 0.3 is 0 Å². The molecule has 1 spiro atoms. The molecule has 4 rings (SSSR count). The second-order valence-electron chi connectivity index (χ2n) is 5.46. The first-order valence-electron chi connectivity index (χ1n) is 7.12. The Morgan fingerprint density at radius 1 is 1.25 bits per heavy atom. The molecule has 0 atom stereocenters. The molecule has 0 N–H and O–H groups in total. The molecule has 0 aliphatic carbocycles. The van der Waals surface area contributed by atoms with Gasteiger partial charge in [-0.05, 0) is 19.0 Å². The van der Waals surface area contributed by atoms with Gasteiger partial charge < -0.3 is 9.47 Å². The number of hydrogen-bond donors (Lipinski definition) is 0. The quantitative estimate of drug-likeness (QED) is 0.820. The van der Waals surface area contributed by atoms with Gasteiger partial charge in [-0.3, -0.25) is 9.30 Å². The molecule has 0 saturated carbocycles. The molecule has 6 nitrogen and oxygen atoms in total. The Balaban J connectivity index is 1.53. The van der Waals surface area contributed by atoms with Crippen LogP contribution >= 0.6 is 0 Å². The molecule has 106 valence electrons. The number of hydrogen-bond acceptors (Lipinski definition) is 5. The van der Waals surface area contributed by atoms with Crippen LogP contribution in [-0.2, 0) is 16.0 Å². The fourth-order valence-electron chi connectivity index (χ4n) is 3.16. The minimum atomic E-state index is -0.364. The summed E-state index contributed by atoms with van der Waals surface area (Å²) in [6.07, 6.45) is 7.78. The number of ether oxygens (including phenoxy) is 2. The van der Waals surface area contributed by atoms with E-state index in [-0.39, 0.29) is 5.79 Å². The van der Waals surface area contributed by atoms with Crippen molar-refractivity contribution in [2.24, 2.45) is 0 Å². The number of aromatic nitrogens is 3. The van der Waals surface area contributed by atoms with Crippen LogP contribution in [0.4, 0.5) is 0 Å². The molecule has 0 amide bonds. The highest BCUT2D eigenvalue weighted by Gasteiger charge is 2.40. The van der Waals surface area contributed by atoms with Gasteiger partial charge in [-0.2, -0.15) is 0 Å². The van der Waals surface area contributed by atoms with Crippen molar-refractivity contribution in [2.75, 3.05) is 26.3 Å². The first kappa shape index (κ1) is 12.3. The number of likely N-dealkylation sites (tertiary alicyclic amines) is 1. The smallest absolute Gasteiger partial charge is 0.233 e. The topological polar surface area (TPSA) is 51.9 Å². The lowest BCUT2D eigenvalue weighted by molar-refractivity contribution is -0.190. The van der Waals surface area contributed by atoms with Crippen molar-refractivity contribution >= 4 is 5.78 Å². The maximum Gasteiger partial charge on any atom is 0.233 e. The minimum Gasteiger partial charge on any atom is -0.346 e. The van der Waals surface area contributed by atoms with Crippen LogP contribution in [0.2, 0.25) is 0 Å². The average Bonchev–Trinajstić information content (AvgIpc) is 3.08. The third kappa shape index (κ3) is 2.09. The summed E-state index contributed by atoms with van der Waals surface area (Å²) in [4.78, 5) is 11.0. The highest BCUT2D eigenvalue weighted by molar-refractivity contribution is 5.30. The van der Waals surface area contributed by atoms with Crippen LogP contribution in [0.15, 0.2) is 24.7 Å². The fraction of sp³-hybridized carbons (Fsp3) is 0.571. The van der Waals surface area contributed by atoms with Crippen molar-refractivity contribution in [1.82, 2.24) is 19.3 Å². The number of rotatable bonds is 2. The van der Waals surface area contributed by atoms with Crippen molar-refractivity contribution in [3.63, 3.8) is 0 Å². The summed E-state index contributed by atoms with van der Waals surface area (Å²) in [5.74, 6) is 0.388. The molecule has 0 unspecified atom stereocenters. The van der Waals surface area contributed by atoms with Crippen LogP contribution in [0.1, 0.15) is 18.5 Å². The lowest BCUT2D eigenvalue weighted by Gasteiger charge is -2.38. The second kappa shape index (κ2) is 4.80. The molecule has 0 aromatic carbocycles. The van der Waals surface area contributed by atoms with Gasteiger partial charge in [0.1, 0.15) is 0 Å². The second-order valence-corrected chi connectivity index (χ2v) is 5.46. The first-order chi connectivity index (χ1) is 9.85. The van der Waals surface area contributed by atoms with Gasteiger partial charge in [0.25, 0.3) is 0 Å². The molecule has 2 aromatic heterocycles. The molecule has 2 aromatic rings. The number of fused-ring (bicyclic) bond motifs is 1. The maximum absolute atomic E-state index is 5.82. The Hall–Kier alpha value is -1.50. The van der Waals surface area contributed by atoms with Crippen LogP contribution in [-0.4, -0.2) is 51.4 Å². The van der Waals surface area contributed by atoms with Gasteiger partial charge in [0.05, 0.1) is 31.6 Å². The predicted octanol–water partition coefficient (Wildman–Crippen LogP) is 1.07. The van der Waals surface area contributed by atoms with Crippen LogP contribution < -0.4 is 0 Å². The van der Waals surface area contributed by atoms with Gasteiger partial charge in [-0.25, -0.2) is 9.97 Å². The van der Waals surface area contributed by atoms with Crippen molar-refractivity contribution in [3.05, 3.63) is 30.4 Å². The SMILES string of the molecule is c1cnc2ncc(CN3CCCC4(C3)OCCO4)n2c1. The van der Waals surface area contributed by atoms with E-state index in [1.54, 1.807) is 6.20 Å². The van der Waals surface area contributed by atoms with E-state index in [0.717, 1.165) is 43.9 Å². The monoisotopic (exact) mass is 274 g/mol. The van der Waals surface area contributed by atoms with Crippen molar-refractivity contribution in [1.29, 1.82) is 0 Å². The summed E-state index contributed by atoms with van der Waals surface area (Å²) < 4.78 is 13.7. The zero-order chi connectivity index (χ0) is 13.4. The lowest BCUT2D eigenvalue weighted by atomic mass is 10.0. The van der Waals surface area contributed by atoms with E-state index in [1.165, 1.54) is 0 Å². The van der Waals surface area contributed by atoms with E-state index in [9.17, 15) is 0 Å². The first-order valence-corrected chi connectivity index (χ1v) is 7.12. The Bertz CT molecular complexity index is 606. The summed E-state index contributed by atoms with van der Waals surface area (Å²) in [7, 11) is 0. The van der Waals surface area contributed by atoms with E-state index in [0.29, 0.717) is 13.2 Å². The number of piperidine rings is 1. The van der Waals surface area contributed by atoms with Crippen LogP contribution in [0, 0.1) is 0 Å². The third-order valence-corrected chi connectivity index (χ3v) is 4.06. The van der Waals surface area contributed by atoms with Crippen molar-refractivity contribution in [3.8, 4) is 0 Å². The molecular weight excluding hydrogens is 256 g/mol. The maximum atomic E-state index is 5.82. The molecule has 20 heavy (non-hydrogen) atoms. The van der Waals surface area contributed by atoms with Crippen LogP contribution in [0.3, 0.4) is 0 Å². The Morgan fingerprint density at radius 3 is 3.05 bits per heavy atom. The molecule has 2 fully saturated rings. The molecule has 0 bridgehead atoms. The molecule has 0 radical (unpaired) electrons. The Morgan fingerprint density at radius 2 is 2.15 bits per heavy atom. The predicted molar refractivity (Wildman–Crippen MR) is 72.1 cm³/mol. The van der Waals surface area contributed by atoms with Gasteiger partial charge in [0.2, 0.25) is 5.78 Å². The summed E-state index contributed by atoms with van der Waals surface area (Å²) in [5.41, 5.74) is 1.16. The molecule has 6 heteroatoms. The molecule has 4 heterocycles. The molecular formula is C14H18N4O2. The lowest BCUT2D eigenvalue weighted by Crippen LogP contribution is -2.48. The average molecular weight is 274 g/mol. The Labute approximate surface area is 117 Å². The molecule has 2 aliphatic rings. The van der Waals surface area contributed by atoms with E-state index in [2.05, 4.69) is 14.9 Å². The van der Waals surface area contributed by atoms with Gasteiger partial charge in [-0.1, -0.05) is 0 Å². The van der Waals surface area contributed by atoms with Gasteiger partial charge in [0.15, 0.2) is 5.79 Å². The normalized spacial score (nSPS) is 22.8. The zero-order valence-corrected chi connectivity index (χ0v) is 11.4. The highest BCUT2D eigenvalue weighted by Crippen LogP contribution is 2.30. The summed E-state index contributed by atoms with van der Waals surface area (Å²) in [5, 5.41) is 0. The number of imidazole rings is 1. The number of nitrogens with zero attached hydrogens (tertiary/aromatic N) is 4. The van der Waals surface area contributed by atoms with Crippen molar-refractivity contribution in [2.45, 2.75) is 25.2 Å². The van der Waals surface area contributed by atoms with Crippen LogP contribution in [0.5, 0.6) is 0 Å². The van der Waals surface area contributed by atoms with E-state index < -0.39 is 0 Å². The largest absolute Gasteiger partial charge is 0.346 e. The van der Waals surface area contributed by atoms with E-state index >= 15 is 0 Å². The highest BCUT2D eigenvalue weighted by atomic mass is 16.7. The van der Waals surface area contributed by atoms with E-state index in [1.807, 2.05) is 22.9 Å². The van der Waals surface area contributed by atoms with Gasteiger partial charge in [-0.15, -0.1) is 0 Å².